The minimum Gasteiger partial charge on any atom is -0.462 e. The summed E-state index contributed by atoms with van der Waals surface area (Å²) in [6.45, 7) is -6.73. The molecule has 6 aliphatic rings. The minimum absolute atomic E-state index is 0.0418. The second kappa shape index (κ2) is 53.0. The van der Waals surface area contributed by atoms with Gasteiger partial charge in [-0.05, 0) is 59.7 Å². The van der Waals surface area contributed by atoms with Crippen LogP contribution in [0.1, 0.15) is 24.0 Å². The van der Waals surface area contributed by atoms with E-state index in [0.29, 0.717) is 11.1 Å². The molecule has 6 saturated heterocycles. The zero-order chi connectivity index (χ0) is 92.2. The molecule has 52 heteroatoms. The van der Waals surface area contributed by atoms with Gasteiger partial charge in [-0.1, -0.05) is 45.9 Å². The van der Waals surface area contributed by atoms with Crippen molar-refractivity contribution in [3.63, 3.8) is 0 Å². The molecule has 0 radical (unpaired) electrons. The zero-order valence-corrected chi connectivity index (χ0v) is 70.8. The van der Waals surface area contributed by atoms with Crippen LogP contribution in [0.5, 0.6) is 11.5 Å². The van der Waals surface area contributed by atoms with Crippen LogP contribution in [0.3, 0.4) is 0 Å². The molecule has 16 unspecified atom stereocenters. The molecule has 0 aliphatic carbocycles. The predicted octanol–water partition coefficient (Wildman–Crippen LogP) is -15.1. The molecule has 6 fully saturated rings. The molecule has 6 amide bonds. The maximum atomic E-state index is 14.9. The second-order valence-corrected chi connectivity index (χ2v) is 34.8. The number of carbonyl (C=O) groups is 6. The lowest BCUT2D eigenvalue weighted by atomic mass is 9.99. The Bertz CT molecular complexity index is 3370. The van der Waals surface area contributed by atoms with Gasteiger partial charge in [-0.2, -0.15) is 23.5 Å². The molecule has 0 saturated carbocycles. The van der Waals surface area contributed by atoms with Gasteiger partial charge in [-0.15, -0.1) is 0 Å². The fraction of sp³-hybridized carbons (Fsp3) is 0.757. The summed E-state index contributed by atoms with van der Waals surface area (Å²) < 4.78 is 66.3. The molecule has 6 heterocycles. The van der Waals surface area contributed by atoms with Gasteiger partial charge in [-0.3, -0.25) is 28.8 Å². The Kier molecular flexibility index (Phi) is 44.7. The van der Waals surface area contributed by atoms with E-state index in [-0.39, 0.29) is 60.6 Å². The van der Waals surface area contributed by atoms with E-state index in [0.717, 1.165) is 45.1 Å². The Labute approximate surface area is 736 Å². The Morgan fingerprint density at radius 2 is 0.548 bits per heavy atom. The highest BCUT2D eigenvalue weighted by Gasteiger charge is 2.50. The van der Waals surface area contributed by atoms with E-state index < -0.39 is 334 Å². The molecule has 8 rings (SSSR count). The number of hydrogen-bond acceptors (Lipinski definition) is 46. The van der Waals surface area contributed by atoms with Crippen molar-refractivity contribution in [3.05, 3.63) is 59.7 Å². The van der Waals surface area contributed by atoms with Crippen LogP contribution in [-0.4, -0.2) is 480 Å². The molecule has 30 N–H and O–H groups in total. The van der Waals surface area contributed by atoms with E-state index in [1.165, 1.54) is 48.5 Å². The molecular formula is C74H116N6O42S4. The topological polar surface area (TPSA) is 771 Å². The van der Waals surface area contributed by atoms with E-state index in [1.54, 1.807) is 0 Å². The van der Waals surface area contributed by atoms with Crippen molar-refractivity contribution >= 4 is 80.6 Å². The number of nitrogens with one attached hydrogen (secondary N) is 6. The smallest absolute Gasteiger partial charge is 0.244 e. The quantitative estimate of drug-likeness (QED) is 0.0216. The molecule has 126 heavy (non-hydrogen) atoms. The Morgan fingerprint density at radius 1 is 0.302 bits per heavy atom. The number of benzene rings is 2. The van der Waals surface area contributed by atoms with Crippen molar-refractivity contribution in [1.29, 1.82) is 0 Å². The third-order valence-corrected chi connectivity index (χ3v) is 25.4. The zero-order valence-electron chi connectivity index (χ0n) is 67.5. The van der Waals surface area contributed by atoms with Crippen molar-refractivity contribution in [2.45, 2.75) is 234 Å². The normalized spacial score (nSPS) is 34.5. The summed E-state index contributed by atoms with van der Waals surface area (Å²) in [6.07, 6.45) is -49.5. The number of thioether (sulfide) groups is 2. The molecule has 2 aromatic carbocycles. The highest BCUT2D eigenvalue weighted by Crippen LogP contribution is 2.31. The van der Waals surface area contributed by atoms with Gasteiger partial charge in [0, 0.05) is 36.1 Å². The van der Waals surface area contributed by atoms with Crippen LogP contribution >= 0.6 is 45.1 Å². The second-order valence-electron chi connectivity index (χ2n) is 29.9. The third kappa shape index (κ3) is 30.2. The largest absolute Gasteiger partial charge is 0.462 e. The first-order chi connectivity index (χ1) is 60.2. The molecule has 0 aromatic heterocycles. The van der Waals surface area contributed by atoms with E-state index in [1.807, 2.05) is 0 Å². The number of aliphatic hydroxyl groups is 24. The molecular weight excluding hydrogens is 1770 g/mol. The van der Waals surface area contributed by atoms with Crippen molar-refractivity contribution in [2.75, 3.05) is 114 Å². The molecule has 48 nitrogen and oxygen atoms in total. The van der Waals surface area contributed by atoms with Gasteiger partial charge in [0.25, 0.3) is 0 Å². The van der Waals surface area contributed by atoms with Crippen LogP contribution in [0.2, 0.25) is 0 Å². The Hall–Kier alpha value is -5.10. The number of amides is 6. The number of carbonyl (C=O) groups excluding carboxylic acids is 6. The number of hydrogen-bond donors (Lipinski definition) is 30. The monoisotopic (exact) mass is 1890 g/mol. The van der Waals surface area contributed by atoms with Crippen LogP contribution in [0.4, 0.5) is 0 Å². The fourth-order valence-corrected chi connectivity index (χ4v) is 17.5. The fourth-order valence-electron chi connectivity index (χ4n) is 13.2. The summed E-state index contributed by atoms with van der Waals surface area (Å²) in [7, 11) is 1.66. The maximum Gasteiger partial charge on any atom is 0.244 e. The van der Waals surface area contributed by atoms with Crippen LogP contribution < -0.4 is 41.4 Å². The van der Waals surface area contributed by atoms with Gasteiger partial charge in [0.2, 0.25) is 48.0 Å². The lowest BCUT2D eigenvalue weighted by molar-refractivity contribution is -0.300. The molecule has 718 valence electrons. The van der Waals surface area contributed by atoms with E-state index in [4.69, 9.17) is 56.8 Å². The summed E-state index contributed by atoms with van der Waals surface area (Å²) in [5, 5.41) is 261. The predicted molar refractivity (Wildman–Crippen MR) is 431 cm³/mol. The van der Waals surface area contributed by atoms with Crippen molar-refractivity contribution < 1.29 is 208 Å². The SMILES string of the molecule is O=C(Cc1ccc(O[C@H]2O[C@H](CO)[C@@H](O)C(O)C2O)cc1)N[C@@H](CSCCCO[C@H]1OC(CO)[C@@H](O)C(O)C1O)C(=O)N[C@@H](CSSC[C@H](NC(=O)[C@H](CSCCCO[C@H]1OC(CO)[C@@H](O)C(O)C1O)NC(=O)Cc1ccc(O[C@H]2OC(CO)[C@@H](O)C(O)C2O)cc1)C(=O)NCCO[C@H]1O[C@H](CO)[C@@H](O)C(O)C1O)C(=O)NCCO[C@H]1OC(CO)[C@@H](O)C(O)C1O. The van der Waals surface area contributed by atoms with Gasteiger partial charge in [0.1, 0.15) is 182 Å². The summed E-state index contributed by atoms with van der Waals surface area (Å²) in [4.78, 5) is 87.0. The van der Waals surface area contributed by atoms with Crippen molar-refractivity contribution in [2.24, 2.45) is 0 Å². The first kappa shape index (κ1) is 106. The maximum absolute atomic E-state index is 14.9. The van der Waals surface area contributed by atoms with Gasteiger partial charge in [-0.25, -0.2) is 0 Å². The summed E-state index contributed by atoms with van der Waals surface area (Å²) in [6, 6.07) is 4.90. The van der Waals surface area contributed by atoms with Crippen LogP contribution in [0.25, 0.3) is 0 Å². The number of ether oxygens (including phenoxy) is 12. The molecule has 2 aromatic rings. The van der Waals surface area contributed by atoms with E-state index in [9.17, 15) is 151 Å². The van der Waals surface area contributed by atoms with Gasteiger partial charge < -0.3 is 211 Å². The molecule has 0 bridgehead atoms. The molecule has 6 aliphatic heterocycles. The van der Waals surface area contributed by atoms with Crippen LogP contribution in [-0.2, 0) is 89.0 Å². The van der Waals surface area contributed by atoms with Gasteiger partial charge in [0.05, 0.1) is 78.9 Å². The average molecular weight is 1890 g/mol. The van der Waals surface area contributed by atoms with Crippen LogP contribution in [0, 0.1) is 0 Å². The van der Waals surface area contributed by atoms with Gasteiger partial charge in [0.15, 0.2) is 25.2 Å². The van der Waals surface area contributed by atoms with Crippen molar-refractivity contribution in [1.82, 2.24) is 31.9 Å². The van der Waals surface area contributed by atoms with Crippen LogP contribution in [0.15, 0.2) is 48.5 Å². The Morgan fingerprint density at radius 3 is 0.817 bits per heavy atom. The highest BCUT2D eigenvalue weighted by atomic mass is 33.1. The summed E-state index contributed by atoms with van der Waals surface area (Å²) >= 11 is 2.16. The highest BCUT2D eigenvalue weighted by molar-refractivity contribution is 8.76. The first-order valence-corrected chi connectivity index (χ1v) is 44.9. The molecule has 34 atom stereocenters. The minimum atomic E-state index is -1.85. The lowest BCUT2D eigenvalue weighted by Crippen LogP contribution is -2.60. The Balaban J connectivity index is 1.01. The summed E-state index contributed by atoms with van der Waals surface area (Å²) in [5.41, 5.74) is 0.628. The molecule has 0 spiro atoms. The average Bonchev–Trinajstić information content (AvgIpc) is 0.805. The standard InChI is InChI=1S/C74H116N6O42S4/c81-21-39-47(89)53(95)59(101)69(117-39)111-13-1-17-123-27-35(77-45(87)19-31-3-7-33(8-4-31)115-73-63(105)57(99)51(93)43(25-85)121-73)67(109)79-37(65(107)75-11-15-113-71-61(103)55(97)49(91)41(23-83)119-71)29-125-126-30-38(66(108)76-12-16-114-72-62(104)56(98)50(92)42(24-84)120-72)80-68(110)36(28-124-18-2-14-112-70-60(102)54(96)48(90)40(22-82)118-70)78-46(88)20-32-5-9-34(10-6-32)116-74-64(106)58(100)52(94)44(26-86)122-74/h3-10,35-44,47-64,69-74,81-86,89-106H,1-2,11-30H2,(H,75,107)(H,76,108)(H,77,87)(H,78,88)(H,79,109)(H,80,110)/t35-,36-,37-,38-,39?,40?,41+,42?,43?,44+,47+,48+,49+,50+,51+,52+,53?,54?,55?,56?,57?,58?,59?,60?,61?,62?,63?,64?,69-,70-,71-,72-,73-,74-/m0/s1. The lowest BCUT2D eigenvalue weighted by Gasteiger charge is -2.39. The third-order valence-electron chi connectivity index (χ3n) is 20.7. The number of rotatable bonds is 49. The van der Waals surface area contributed by atoms with Crippen molar-refractivity contribution in [3.8, 4) is 11.5 Å². The summed E-state index contributed by atoms with van der Waals surface area (Å²) in [5.74, 6) is -6.36. The first-order valence-electron chi connectivity index (χ1n) is 40.1. The number of aliphatic hydroxyl groups excluding tert-OH is 24. The van der Waals surface area contributed by atoms with Gasteiger partial charge >= 0.3 is 0 Å². The van der Waals surface area contributed by atoms with E-state index >= 15 is 0 Å². The van der Waals surface area contributed by atoms with E-state index in [2.05, 4.69) is 31.9 Å².